The lowest BCUT2D eigenvalue weighted by Crippen LogP contribution is -2.62. The van der Waals surface area contributed by atoms with E-state index in [0.29, 0.717) is 25.2 Å². The molecule has 0 saturated carbocycles. The Morgan fingerprint density at radius 3 is 2.67 bits per heavy atom. The third kappa shape index (κ3) is 3.09. The molecule has 1 aliphatic heterocycles. The maximum atomic E-state index is 13.1. The number of hydrogen-bond donors (Lipinski definition) is 1. The van der Waals surface area contributed by atoms with Crippen LogP contribution in [0.3, 0.4) is 0 Å². The number of aliphatic hydroxyl groups excluding tert-OH is 1. The molecule has 1 unspecified atom stereocenters. The highest BCUT2D eigenvalue weighted by Gasteiger charge is 2.41. The van der Waals surface area contributed by atoms with E-state index in [4.69, 9.17) is 0 Å². The monoisotopic (exact) mass is 294 g/mol. The highest BCUT2D eigenvalue weighted by Crippen LogP contribution is 2.26. The van der Waals surface area contributed by atoms with E-state index in [-0.39, 0.29) is 11.7 Å². The van der Waals surface area contributed by atoms with Gasteiger partial charge in [0.2, 0.25) is 5.91 Å². The number of aryl methyl sites for hydroxylation is 1. The van der Waals surface area contributed by atoms with Crippen molar-refractivity contribution in [3.63, 3.8) is 0 Å². The Morgan fingerprint density at radius 1 is 1.38 bits per heavy atom. The lowest BCUT2D eigenvalue weighted by atomic mass is 9.95. The summed E-state index contributed by atoms with van der Waals surface area (Å²) in [6.45, 7) is 7.25. The average Bonchev–Trinajstić information content (AvgIpc) is 2.40. The molecule has 4 nitrogen and oxygen atoms in total. The first-order valence-electron chi connectivity index (χ1n) is 7.18. The first-order chi connectivity index (χ1) is 9.73. The van der Waals surface area contributed by atoms with E-state index in [0.717, 1.165) is 5.56 Å². The summed E-state index contributed by atoms with van der Waals surface area (Å²) in [5.74, 6) is -0.254. The van der Waals surface area contributed by atoms with E-state index < -0.39 is 11.6 Å². The fourth-order valence-electron chi connectivity index (χ4n) is 2.89. The second-order valence-corrected chi connectivity index (χ2v) is 6.25. The predicted molar refractivity (Wildman–Crippen MR) is 79.4 cm³/mol. The summed E-state index contributed by atoms with van der Waals surface area (Å²) in [5, 5.41) is 10.4. The summed E-state index contributed by atoms with van der Waals surface area (Å²) >= 11 is 0. The van der Waals surface area contributed by atoms with Crippen LogP contribution in [0.2, 0.25) is 0 Å². The SMILES string of the molecule is Cc1cc(F)ccc1C(O)CN1CCN(C)C(=O)C1(C)C. The van der Waals surface area contributed by atoms with Crippen LogP contribution < -0.4 is 0 Å². The van der Waals surface area contributed by atoms with E-state index in [1.165, 1.54) is 12.1 Å². The highest BCUT2D eigenvalue weighted by molar-refractivity contribution is 5.86. The van der Waals surface area contributed by atoms with Gasteiger partial charge in [0.1, 0.15) is 5.82 Å². The van der Waals surface area contributed by atoms with Gasteiger partial charge in [0.05, 0.1) is 11.6 Å². The molecule has 1 amide bonds. The molecule has 1 N–H and O–H groups in total. The highest BCUT2D eigenvalue weighted by atomic mass is 19.1. The maximum Gasteiger partial charge on any atom is 0.242 e. The zero-order valence-electron chi connectivity index (χ0n) is 13.1. The van der Waals surface area contributed by atoms with Crippen molar-refractivity contribution in [1.82, 2.24) is 9.80 Å². The molecule has 1 atom stereocenters. The maximum absolute atomic E-state index is 13.1. The molecule has 0 bridgehead atoms. The summed E-state index contributed by atoms with van der Waals surface area (Å²) in [6, 6.07) is 4.38. The number of nitrogens with zero attached hydrogens (tertiary/aromatic N) is 2. The summed E-state index contributed by atoms with van der Waals surface area (Å²) < 4.78 is 13.1. The normalized spacial score (nSPS) is 20.7. The van der Waals surface area contributed by atoms with Crippen LogP contribution in [0.25, 0.3) is 0 Å². The van der Waals surface area contributed by atoms with Crippen LogP contribution in [-0.2, 0) is 4.79 Å². The largest absolute Gasteiger partial charge is 0.387 e. The van der Waals surface area contributed by atoms with Gasteiger partial charge in [0.15, 0.2) is 0 Å². The van der Waals surface area contributed by atoms with Gasteiger partial charge >= 0.3 is 0 Å². The molecule has 2 rings (SSSR count). The molecule has 0 radical (unpaired) electrons. The molecule has 1 aromatic carbocycles. The van der Waals surface area contributed by atoms with Gasteiger partial charge in [-0.15, -0.1) is 0 Å². The van der Waals surface area contributed by atoms with Gasteiger partial charge in [-0.3, -0.25) is 9.69 Å². The zero-order valence-corrected chi connectivity index (χ0v) is 13.1. The molecular formula is C16H23FN2O2. The Labute approximate surface area is 125 Å². The molecule has 1 fully saturated rings. The number of benzene rings is 1. The second-order valence-electron chi connectivity index (χ2n) is 6.25. The van der Waals surface area contributed by atoms with Gasteiger partial charge < -0.3 is 10.0 Å². The third-order valence-electron chi connectivity index (χ3n) is 4.35. The van der Waals surface area contributed by atoms with Gasteiger partial charge in [-0.1, -0.05) is 6.07 Å². The quantitative estimate of drug-likeness (QED) is 0.923. The number of halogens is 1. The fraction of sp³-hybridized carbons (Fsp3) is 0.562. The van der Waals surface area contributed by atoms with Gasteiger partial charge in [-0.2, -0.15) is 0 Å². The third-order valence-corrected chi connectivity index (χ3v) is 4.35. The molecule has 1 heterocycles. The van der Waals surface area contributed by atoms with Crippen molar-refractivity contribution in [3.8, 4) is 0 Å². The standard InChI is InChI=1S/C16H23FN2O2/c1-11-9-12(17)5-6-13(11)14(20)10-19-8-7-18(4)15(21)16(19,2)3/h5-6,9,14,20H,7-8,10H2,1-4H3. The van der Waals surface area contributed by atoms with Gasteiger partial charge in [-0.05, 0) is 44.0 Å². The number of aliphatic hydroxyl groups is 1. The smallest absolute Gasteiger partial charge is 0.242 e. The molecule has 1 aliphatic rings. The Kier molecular flexibility index (Phi) is 4.35. The summed E-state index contributed by atoms with van der Waals surface area (Å²) in [4.78, 5) is 15.9. The summed E-state index contributed by atoms with van der Waals surface area (Å²) in [5.41, 5.74) is 0.793. The Balaban J connectivity index is 2.15. The average molecular weight is 294 g/mol. The molecule has 1 saturated heterocycles. The van der Waals surface area contributed by atoms with Crippen LogP contribution in [-0.4, -0.2) is 53.0 Å². The molecular weight excluding hydrogens is 271 g/mol. The second kappa shape index (κ2) is 5.73. The minimum atomic E-state index is -0.735. The van der Waals surface area contributed by atoms with Crippen LogP contribution in [0.15, 0.2) is 18.2 Å². The number of carbonyl (C=O) groups is 1. The molecule has 0 spiro atoms. The van der Waals surface area contributed by atoms with Crippen LogP contribution >= 0.6 is 0 Å². The van der Waals surface area contributed by atoms with Crippen LogP contribution in [0.4, 0.5) is 4.39 Å². The van der Waals surface area contributed by atoms with Crippen molar-refractivity contribution in [2.24, 2.45) is 0 Å². The first kappa shape index (κ1) is 15.9. The zero-order chi connectivity index (χ0) is 15.8. The summed E-state index contributed by atoms with van der Waals surface area (Å²) in [6.07, 6.45) is -0.735. The van der Waals surface area contributed by atoms with Crippen LogP contribution in [0, 0.1) is 12.7 Å². The van der Waals surface area contributed by atoms with E-state index >= 15 is 0 Å². The van der Waals surface area contributed by atoms with Crippen LogP contribution in [0.5, 0.6) is 0 Å². The minimum absolute atomic E-state index is 0.0526. The number of hydrogen-bond acceptors (Lipinski definition) is 3. The molecule has 116 valence electrons. The van der Waals surface area contributed by atoms with Crippen molar-refractivity contribution in [2.75, 3.05) is 26.7 Å². The van der Waals surface area contributed by atoms with Crippen LogP contribution in [0.1, 0.15) is 31.1 Å². The number of β-amino-alcohol motifs (C(OH)–C–C–N with tert-alkyl or cyclic N) is 1. The van der Waals surface area contributed by atoms with Gasteiger partial charge in [-0.25, -0.2) is 4.39 Å². The molecule has 21 heavy (non-hydrogen) atoms. The van der Waals surface area contributed by atoms with Crippen molar-refractivity contribution >= 4 is 5.91 Å². The van der Waals surface area contributed by atoms with E-state index in [2.05, 4.69) is 0 Å². The molecule has 1 aromatic rings. The number of likely N-dealkylation sites (N-methyl/N-ethyl adjacent to an activating group) is 1. The fourth-order valence-corrected chi connectivity index (χ4v) is 2.89. The minimum Gasteiger partial charge on any atom is -0.387 e. The van der Waals surface area contributed by atoms with Crippen molar-refractivity contribution < 1.29 is 14.3 Å². The van der Waals surface area contributed by atoms with E-state index in [1.54, 1.807) is 24.9 Å². The van der Waals surface area contributed by atoms with Gasteiger partial charge in [0.25, 0.3) is 0 Å². The topological polar surface area (TPSA) is 43.8 Å². The lowest BCUT2D eigenvalue weighted by Gasteiger charge is -2.45. The van der Waals surface area contributed by atoms with Crippen molar-refractivity contribution in [3.05, 3.63) is 35.1 Å². The Hall–Kier alpha value is -1.46. The predicted octanol–water partition coefficient (Wildman–Crippen LogP) is 1.72. The van der Waals surface area contributed by atoms with Crippen molar-refractivity contribution in [2.45, 2.75) is 32.4 Å². The Morgan fingerprint density at radius 2 is 2.05 bits per heavy atom. The molecule has 5 heteroatoms. The molecule has 0 aliphatic carbocycles. The molecule has 0 aromatic heterocycles. The van der Waals surface area contributed by atoms with E-state index in [1.807, 2.05) is 18.7 Å². The Bertz CT molecular complexity index is 545. The number of carbonyl (C=O) groups excluding carboxylic acids is 1. The number of amides is 1. The van der Waals surface area contributed by atoms with Gasteiger partial charge in [0, 0.05) is 26.7 Å². The lowest BCUT2D eigenvalue weighted by molar-refractivity contribution is -0.148. The van der Waals surface area contributed by atoms with Crippen molar-refractivity contribution in [1.29, 1.82) is 0 Å². The number of rotatable bonds is 3. The summed E-state index contributed by atoms with van der Waals surface area (Å²) in [7, 11) is 1.79. The number of piperazine rings is 1. The van der Waals surface area contributed by atoms with E-state index in [9.17, 15) is 14.3 Å². The first-order valence-corrected chi connectivity index (χ1v) is 7.18.